The molecule has 3 aromatic rings. The van der Waals surface area contributed by atoms with Gasteiger partial charge in [-0.1, -0.05) is 18.2 Å². The van der Waals surface area contributed by atoms with Crippen molar-refractivity contribution in [2.24, 2.45) is 0 Å². The van der Waals surface area contributed by atoms with Gasteiger partial charge >= 0.3 is 0 Å². The predicted molar refractivity (Wildman–Crippen MR) is 74.8 cm³/mol. The summed E-state index contributed by atoms with van der Waals surface area (Å²) in [5.74, 6) is 0.552. The third-order valence-corrected chi connectivity index (χ3v) is 2.91. The molecule has 0 spiro atoms. The summed E-state index contributed by atoms with van der Waals surface area (Å²) in [4.78, 5) is 12.7. The zero-order valence-corrected chi connectivity index (χ0v) is 10.9. The first-order valence-electron chi connectivity index (χ1n) is 5.41. The lowest BCUT2D eigenvalue weighted by molar-refractivity contribution is 1.15. The van der Waals surface area contributed by atoms with Crippen LogP contribution in [0.5, 0.6) is 0 Å². The molecule has 18 heavy (non-hydrogen) atoms. The van der Waals surface area contributed by atoms with Crippen LogP contribution in [0.4, 0.5) is 11.6 Å². The fraction of sp³-hybridized carbons (Fsp3) is 0. The van der Waals surface area contributed by atoms with Gasteiger partial charge in [0.2, 0.25) is 5.95 Å². The van der Waals surface area contributed by atoms with Crippen LogP contribution in [0.25, 0.3) is 10.9 Å². The molecule has 0 unspecified atom stereocenters. The van der Waals surface area contributed by atoms with E-state index in [-0.39, 0.29) is 0 Å². The Kier molecular flexibility index (Phi) is 2.90. The Balaban J connectivity index is 2.02. The molecule has 0 aliphatic heterocycles. The Morgan fingerprint density at radius 2 is 1.72 bits per heavy atom. The molecule has 0 aliphatic rings. The fourth-order valence-electron chi connectivity index (χ4n) is 1.70. The van der Waals surface area contributed by atoms with Gasteiger partial charge in [-0.2, -0.15) is 0 Å². The van der Waals surface area contributed by atoms with E-state index in [0.29, 0.717) is 5.95 Å². The number of nitrogens with zero attached hydrogens (tertiary/aromatic N) is 3. The minimum Gasteiger partial charge on any atom is -0.322 e. The van der Waals surface area contributed by atoms with E-state index in [1.54, 1.807) is 18.6 Å². The minimum absolute atomic E-state index is 0.552. The van der Waals surface area contributed by atoms with Crippen molar-refractivity contribution in [1.82, 2.24) is 15.0 Å². The Hall–Kier alpha value is -2.01. The first-order chi connectivity index (χ1) is 8.83. The molecule has 2 heterocycles. The number of pyridine rings is 1. The Morgan fingerprint density at radius 1 is 0.944 bits per heavy atom. The number of nitrogens with one attached hydrogen (secondary N) is 1. The van der Waals surface area contributed by atoms with Crippen LogP contribution >= 0.6 is 15.9 Å². The first kappa shape index (κ1) is 11.1. The number of rotatable bonds is 2. The van der Waals surface area contributed by atoms with Crippen LogP contribution in [0.3, 0.4) is 0 Å². The topological polar surface area (TPSA) is 50.7 Å². The van der Waals surface area contributed by atoms with Crippen molar-refractivity contribution in [2.75, 3.05) is 5.32 Å². The van der Waals surface area contributed by atoms with Crippen LogP contribution < -0.4 is 5.32 Å². The SMILES string of the molecule is Brc1cnc(Nc2cccc3cccnc23)nc1. The van der Waals surface area contributed by atoms with Crippen molar-refractivity contribution < 1.29 is 0 Å². The highest BCUT2D eigenvalue weighted by molar-refractivity contribution is 9.10. The zero-order chi connectivity index (χ0) is 12.4. The van der Waals surface area contributed by atoms with Gasteiger partial charge < -0.3 is 5.32 Å². The Labute approximate surface area is 112 Å². The van der Waals surface area contributed by atoms with Crippen LogP contribution in [0, 0.1) is 0 Å². The Morgan fingerprint density at radius 3 is 2.56 bits per heavy atom. The van der Waals surface area contributed by atoms with E-state index in [0.717, 1.165) is 21.1 Å². The van der Waals surface area contributed by atoms with E-state index in [1.807, 2.05) is 30.3 Å². The summed E-state index contributed by atoms with van der Waals surface area (Å²) in [6.07, 6.45) is 5.18. The molecule has 1 aromatic carbocycles. The second-order valence-corrected chi connectivity index (χ2v) is 4.65. The summed E-state index contributed by atoms with van der Waals surface area (Å²) >= 11 is 3.31. The van der Waals surface area contributed by atoms with Crippen LogP contribution in [-0.4, -0.2) is 15.0 Å². The smallest absolute Gasteiger partial charge is 0.227 e. The number of fused-ring (bicyclic) bond motifs is 1. The molecule has 2 aromatic heterocycles. The average molecular weight is 301 g/mol. The number of hydrogen-bond donors (Lipinski definition) is 1. The highest BCUT2D eigenvalue weighted by Crippen LogP contribution is 2.22. The van der Waals surface area contributed by atoms with Crippen LogP contribution in [0.2, 0.25) is 0 Å². The van der Waals surface area contributed by atoms with Gasteiger partial charge in [-0.15, -0.1) is 0 Å². The van der Waals surface area contributed by atoms with Crippen LogP contribution in [0.1, 0.15) is 0 Å². The maximum Gasteiger partial charge on any atom is 0.227 e. The number of para-hydroxylation sites is 1. The molecular weight excluding hydrogens is 292 g/mol. The van der Waals surface area contributed by atoms with Crippen molar-refractivity contribution in [3.05, 3.63) is 53.4 Å². The highest BCUT2D eigenvalue weighted by atomic mass is 79.9. The molecule has 0 saturated carbocycles. The predicted octanol–water partition coefficient (Wildman–Crippen LogP) is 3.53. The standard InChI is InChI=1S/C13H9BrN4/c14-10-7-16-13(17-8-10)18-11-5-1-3-9-4-2-6-15-12(9)11/h1-8H,(H,16,17,18). The van der Waals surface area contributed by atoms with Gasteiger partial charge in [0.05, 0.1) is 15.7 Å². The van der Waals surface area contributed by atoms with Gasteiger partial charge in [0.1, 0.15) is 0 Å². The van der Waals surface area contributed by atoms with Gasteiger partial charge in [0.15, 0.2) is 0 Å². The Bertz CT molecular complexity index is 677. The lowest BCUT2D eigenvalue weighted by atomic mass is 10.2. The molecule has 5 heteroatoms. The lowest BCUT2D eigenvalue weighted by Gasteiger charge is -2.07. The molecule has 1 N–H and O–H groups in total. The summed E-state index contributed by atoms with van der Waals surface area (Å²) < 4.78 is 0.851. The number of anilines is 2. The van der Waals surface area contributed by atoms with Crippen LogP contribution in [-0.2, 0) is 0 Å². The lowest BCUT2D eigenvalue weighted by Crippen LogP contribution is -1.97. The second-order valence-electron chi connectivity index (χ2n) is 3.73. The maximum absolute atomic E-state index is 4.37. The van der Waals surface area contributed by atoms with Crippen LogP contribution in [0.15, 0.2) is 53.4 Å². The maximum atomic E-state index is 4.37. The monoisotopic (exact) mass is 300 g/mol. The molecular formula is C13H9BrN4. The van der Waals surface area contributed by atoms with E-state index in [1.165, 1.54) is 0 Å². The third-order valence-electron chi connectivity index (χ3n) is 2.50. The zero-order valence-electron chi connectivity index (χ0n) is 9.34. The van der Waals surface area contributed by atoms with Crippen molar-refractivity contribution in [3.8, 4) is 0 Å². The van der Waals surface area contributed by atoms with E-state index in [4.69, 9.17) is 0 Å². The first-order valence-corrected chi connectivity index (χ1v) is 6.20. The number of benzene rings is 1. The van der Waals surface area contributed by atoms with E-state index in [2.05, 4.69) is 36.2 Å². The van der Waals surface area contributed by atoms with Crippen molar-refractivity contribution in [2.45, 2.75) is 0 Å². The molecule has 0 radical (unpaired) electrons. The largest absolute Gasteiger partial charge is 0.322 e. The number of halogens is 1. The molecule has 3 rings (SSSR count). The second kappa shape index (κ2) is 4.70. The summed E-state index contributed by atoms with van der Waals surface area (Å²) in [7, 11) is 0. The van der Waals surface area contributed by atoms with Gasteiger partial charge in [0.25, 0.3) is 0 Å². The van der Waals surface area contributed by atoms with Gasteiger partial charge in [-0.3, -0.25) is 4.98 Å². The quantitative estimate of drug-likeness (QED) is 0.786. The van der Waals surface area contributed by atoms with Gasteiger partial charge in [-0.05, 0) is 28.1 Å². The van der Waals surface area contributed by atoms with E-state index >= 15 is 0 Å². The third kappa shape index (κ3) is 2.17. The normalized spacial score (nSPS) is 10.5. The molecule has 0 amide bonds. The molecule has 0 bridgehead atoms. The van der Waals surface area contributed by atoms with E-state index in [9.17, 15) is 0 Å². The van der Waals surface area contributed by atoms with Crippen molar-refractivity contribution in [1.29, 1.82) is 0 Å². The molecule has 0 atom stereocenters. The number of hydrogen-bond acceptors (Lipinski definition) is 4. The number of aromatic nitrogens is 3. The molecule has 88 valence electrons. The van der Waals surface area contributed by atoms with Gasteiger partial charge in [0, 0.05) is 24.0 Å². The average Bonchev–Trinajstić information content (AvgIpc) is 2.42. The summed E-state index contributed by atoms with van der Waals surface area (Å²) in [5.41, 5.74) is 1.81. The van der Waals surface area contributed by atoms with Crippen molar-refractivity contribution in [3.63, 3.8) is 0 Å². The highest BCUT2D eigenvalue weighted by Gasteiger charge is 2.03. The molecule has 0 aliphatic carbocycles. The fourth-order valence-corrected chi connectivity index (χ4v) is 1.91. The van der Waals surface area contributed by atoms with E-state index < -0.39 is 0 Å². The molecule has 0 saturated heterocycles. The molecule has 0 fully saturated rings. The summed E-state index contributed by atoms with van der Waals surface area (Å²) in [6, 6.07) is 9.90. The molecule has 4 nitrogen and oxygen atoms in total. The summed E-state index contributed by atoms with van der Waals surface area (Å²) in [6.45, 7) is 0. The van der Waals surface area contributed by atoms with Gasteiger partial charge in [-0.25, -0.2) is 9.97 Å². The minimum atomic E-state index is 0.552. The summed E-state index contributed by atoms with van der Waals surface area (Å²) in [5, 5.41) is 4.25. The van der Waals surface area contributed by atoms with Crippen molar-refractivity contribution >= 4 is 38.5 Å².